The van der Waals surface area contributed by atoms with E-state index in [0.29, 0.717) is 19.4 Å². The number of nitrogens with zero attached hydrogens (tertiary/aromatic N) is 1. The van der Waals surface area contributed by atoms with Crippen LogP contribution in [0.5, 0.6) is 0 Å². The Hall–Kier alpha value is -1.43. The van der Waals surface area contributed by atoms with Crippen LogP contribution in [0.1, 0.15) is 40.0 Å². The van der Waals surface area contributed by atoms with Gasteiger partial charge in [0.2, 0.25) is 11.8 Å². The van der Waals surface area contributed by atoms with Crippen molar-refractivity contribution >= 4 is 18.1 Å². The standard InChI is InChI=1S/C14H25N3O3/c1-9(2)7-12(16-13(19)10(3)15)14(20)17-6-4-5-11(17)8-18/h8-12H,4-7,15H2,1-3H3,(H,16,19)/t10-,11-,12-/m0/s1. The molecule has 0 aliphatic carbocycles. The molecule has 0 aromatic heterocycles. The molecule has 0 aromatic carbocycles. The monoisotopic (exact) mass is 283 g/mol. The van der Waals surface area contributed by atoms with E-state index < -0.39 is 12.1 Å². The van der Waals surface area contributed by atoms with Gasteiger partial charge in [-0.3, -0.25) is 9.59 Å². The summed E-state index contributed by atoms with van der Waals surface area (Å²) < 4.78 is 0. The maximum atomic E-state index is 12.5. The maximum absolute atomic E-state index is 12.5. The van der Waals surface area contributed by atoms with E-state index in [1.54, 1.807) is 11.8 Å². The number of nitrogens with one attached hydrogen (secondary N) is 1. The Morgan fingerprint density at radius 2 is 2.05 bits per heavy atom. The Bertz CT molecular complexity index is 369. The van der Waals surface area contributed by atoms with Gasteiger partial charge in [0.05, 0.1) is 12.1 Å². The fraction of sp³-hybridized carbons (Fsp3) is 0.786. The highest BCUT2D eigenvalue weighted by Gasteiger charge is 2.34. The fourth-order valence-corrected chi connectivity index (χ4v) is 2.40. The molecule has 0 spiro atoms. The van der Waals surface area contributed by atoms with Crippen LogP contribution in [-0.2, 0) is 14.4 Å². The maximum Gasteiger partial charge on any atom is 0.245 e. The van der Waals surface area contributed by atoms with E-state index in [2.05, 4.69) is 5.32 Å². The number of likely N-dealkylation sites (tertiary alicyclic amines) is 1. The van der Waals surface area contributed by atoms with Gasteiger partial charge in [0, 0.05) is 6.54 Å². The first-order valence-corrected chi connectivity index (χ1v) is 7.18. The Labute approximate surface area is 120 Å². The second kappa shape index (κ2) is 7.38. The third-order valence-electron chi connectivity index (χ3n) is 3.47. The lowest BCUT2D eigenvalue weighted by Crippen LogP contribution is -2.53. The average molecular weight is 283 g/mol. The van der Waals surface area contributed by atoms with Crippen molar-refractivity contribution in [2.24, 2.45) is 11.7 Å². The van der Waals surface area contributed by atoms with Gasteiger partial charge in [-0.1, -0.05) is 13.8 Å². The number of carbonyl (C=O) groups is 3. The summed E-state index contributed by atoms with van der Waals surface area (Å²) >= 11 is 0. The van der Waals surface area contributed by atoms with E-state index in [4.69, 9.17) is 5.73 Å². The van der Waals surface area contributed by atoms with Crippen LogP contribution in [0.4, 0.5) is 0 Å². The van der Waals surface area contributed by atoms with Crippen molar-refractivity contribution in [3.05, 3.63) is 0 Å². The van der Waals surface area contributed by atoms with Gasteiger partial charge in [-0.25, -0.2) is 0 Å². The third kappa shape index (κ3) is 4.30. The van der Waals surface area contributed by atoms with Crippen LogP contribution in [-0.4, -0.2) is 47.7 Å². The molecule has 1 fully saturated rings. The molecule has 0 bridgehead atoms. The molecular formula is C14H25N3O3. The molecular weight excluding hydrogens is 258 g/mol. The lowest BCUT2D eigenvalue weighted by molar-refractivity contribution is -0.139. The highest BCUT2D eigenvalue weighted by Crippen LogP contribution is 2.18. The number of hydrogen-bond donors (Lipinski definition) is 2. The first-order valence-electron chi connectivity index (χ1n) is 7.18. The van der Waals surface area contributed by atoms with Crippen LogP contribution < -0.4 is 11.1 Å². The predicted molar refractivity (Wildman–Crippen MR) is 75.8 cm³/mol. The molecule has 3 atom stereocenters. The molecule has 6 nitrogen and oxygen atoms in total. The van der Waals surface area contributed by atoms with Gasteiger partial charge in [0.25, 0.3) is 0 Å². The lowest BCUT2D eigenvalue weighted by atomic mass is 10.0. The summed E-state index contributed by atoms with van der Waals surface area (Å²) in [5.41, 5.74) is 5.53. The molecule has 1 aliphatic heterocycles. The van der Waals surface area contributed by atoms with Crippen molar-refractivity contribution in [3.8, 4) is 0 Å². The summed E-state index contributed by atoms with van der Waals surface area (Å²) in [5.74, 6) is -0.261. The third-order valence-corrected chi connectivity index (χ3v) is 3.47. The van der Waals surface area contributed by atoms with Gasteiger partial charge < -0.3 is 20.7 Å². The number of carbonyl (C=O) groups excluding carboxylic acids is 3. The van der Waals surface area contributed by atoms with Gasteiger partial charge in [0.1, 0.15) is 12.3 Å². The first-order chi connectivity index (χ1) is 9.36. The van der Waals surface area contributed by atoms with Crippen molar-refractivity contribution in [1.82, 2.24) is 10.2 Å². The van der Waals surface area contributed by atoms with Crippen LogP contribution in [0.25, 0.3) is 0 Å². The van der Waals surface area contributed by atoms with E-state index >= 15 is 0 Å². The van der Waals surface area contributed by atoms with Gasteiger partial charge in [-0.15, -0.1) is 0 Å². The van der Waals surface area contributed by atoms with E-state index in [1.807, 2.05) is 13.8 Å². The number of nitrogens with two attached hydrogens (primary N) is 1. The van der Waals surface area contributed by atoms with Crippen LogP contribution in [0.3, 0.4) is 0 Å². The molecule has 6 heteroatoms. The lowest BCUT2D eigenvalue weighted by Gasteiger charge is -2.28. The largest absolute Gasteiger partial charge is 0.343 e. The Balaban J connectivity index is 2.78. The smallest absolute Gasteiger partial charge is 0.245 e. The second-order valence-electron chi connectivity index (χ2n) is 5.86. The van der Waals surface area contributed by atoms with Crippen molar-refractivity contribution in [1.29, 1.82) is 0 Å². The van der Waals surface area contributed by atoms with Crippen molar-refractivity contribution in [3.63, 3.8) is 0 Å². The minimum atomic E-state index is -0.655. The van der Waals surface area contributed by atoms with Crippen molar-refractivity contribution in [2.75, 3.05) is 6.54 Å². The molecule has 1 saturated heterocycles. The second-order valence-corrected chi connectivity index (χ2v) is 5.86. The number of rotatable bonds is 6. The average Bonchev–Trinajstić information content (AvgIpc) is 2.84. The van der Waals surface area contributed by atoms with Gasteiger partial charge >= 0.3 is 0 Å². The number of amides is 2. The van der Waals surface area contributed by atoms with Crippen LogP contribution >= 0.6 is 0 Å². The van der Waals surface area contributed by atoms with Crippen LogP contribution in [0, 0.1) is 5.92 Å². The molecule has 0 radical (unpaired) electrons. The SMILES string of the molecule is CC(C)C[C@H](NC(=O)[C@H](C)N)C(=O)N1CCC[C@H]1C=O. The quantitative estimate of drug-likeness (QED) is 0.674. The van der Waals surface area contributed by atoms with Gasteiger partial charge in [0.15, 0.2) is 0 Å². The van der Waals surface area contributed by atoms with E-state index in [0.717, 1.165) is 12.7 Å². The fourth-order valence-electron chi connectivity index (χ4n) is 2.40. The molecule has 1 aliphatic rings. The molecule has 114 valence electrons. The van der Waals surface area contributed by atoms with Gasteiger partial charge in [-0.2, -0.15) is 0 Å². The van der Waals surface area contributed by atoms with Crippen LogP contribution in [0.15, 0.2) is 0 Å². The molecule has 1 heterocycles. The number of hydrogen-bond acceptors (Lipinski definition) is 4. The van der Waals surface area contributed by atoms with Crippen molar-refractivity contribution in [2.45, 2.75) is 58.2 Å². The highest BCUT2D eigenvalue weighted by molar-refractivity contribution is 5.90. The molecule has 3 N–H and O–H groups in total. The molecule has 0 unspecified atom stereocenters. The summed E-state index contributed by atoms with van der Waals surface area (Å²) in [6.45, 7) is 6.13. The summed E-state index contributed by atoms with van der Waals surface area (Å²) in [6, 6.07) is -1.61. The zero-order chi connectivity index (χ0) is 15.3. The Kier molecular flexibility index (Phi) is 6.13. The van der Waals surface area contributed by atoms with E-state index in [-0.39, 0.29) is 23.8 Å². The minimum Gasteiger partial charge on any atom is -0.343 e. The molecule has 0 saturated carbocycles. The van der Waals surface area contributed by atoms with Gasteiger partial charge in [-0.05, 0) is 32.1 Å². The predicted octanol–water partition coefficient (Wildman–Crippen LogP) is 0.0544. The molecule has 20 heavy (non-hydrogen) atoms. The zero-order valence-electron chi connectivity index (χ0n) is 12.5. The Morgan fingerprint density at radius 1 is 1.40 bits per heavy atom. The van der Waals surface area contributed by atoms with E-state index in [1.165, 1.54) is 0 Å². The van der Waals surface area contributed by atoms with E-state index in [9.17, 15) is 14.4 Å². The number of aldehydes is 1. The minimum absolute atomic E-state index is 0.178. The summed E-state index contributed by atoms with van der Waals surface area (Å²) in [5, 5.41) is 2.70. The highest BCUT2D eigenvalue weighted by atomic mass is 16.2. The zero-order valence-corrected chi connectivity index (χ0v) is 12.5. The molecule has 2 amide bonds. The summed E-state index contributed by atoms with van der Waals surface area (Å²) in [7, 11) is 0. The first kappa shape index (κ1) is 16.6. The topological polar surface area (TPSA) is 92.5 Å². The molecule has 0 aromatic rings. The normalized spacial score (nSPS) is 21.6. The summed E-state index contributed by atoms with van der Waals surface area (Å²) in [6.07, 6.45) is 2.87. The Morgan fingerprint density at radius 3 is 2.55 bits per heavy atom. The van der Waals surface area contributed by atoms with Crippen molar-refractivity contribution < 1.29 is 14.4 Å². The van der Waals surface area contributed by atoms with Crippen LogP contribution in [0.2, 0.25) is 0 Å². The molecule has 1 rings (SSSR count). The summed E-state index contributed by atoms with van der Waals surface area (Å²) in [4.78, 5) is 36.8.